The molecule has 0 radical (unpaired) electrons. The van der Waals surface area contributed by atoms with Crippen LogP contribution in [0.25, 0.3) is 11.3 Å². The Kier molecular flexibility index (Phi) is 5.87. The van der Waals surface area contributed by atoms with Crippen molar-refractivity contribution in [1.29, 1.82) is 5.26 Å². The highest BCUT2D eigenvalue weighted by Crippen LogP contribution is 2.23. The number of carbonyl (C=O) groups excluding carboxylic acids is 1. The van der Waals surface area contributed by atoms with Crippen molar-refractivity contribution in [2.24, 2.45) is 5.10 Å². The molecule has 1 aromatic heterocycles. The summed E-state index contributed by atoms with van der Waals surface area (Å²) in [5.41, 5.74) is 3.58. The fourth-order valence-corrected chi connectivity index (χ4v) is 2.35. The van der Waals surface area contributed by atoms with Gasteiger partial charge in [-0.2, -0.15) is 10.4 Å². The van der Waals surface area contributed by atoms with Gasteiger partial charge in [0.2, 0.25) is 0 Å². The lowest BCUT2D eigenvalue weighted by molar-refractivity contribution is -0.123. The summed E-state index contributed by atoms with van der Waals surface area (Å²) in [5, 5.41) is 13.5. The van der Waals surface area contributed by atoms with Crippen LogP contribution in [0, 0.1) is 11.3 Å². The minimum atomic E-state index is -0.455. The number of para-hydroxylation sites is 1. The number of nitriles is 1. The Balaban J connectivity index is 1.52. The highest BCUT2D eigenvalue weighted by Gasteiger charge is 2.06. The van der Waals surface area contributed by atoms with Gasteiger partial charge in [-0.1, -0.05) is 23.7 Å². The van der Waals surface area contributed by atoms with Gasteiger partial charge in [0.15, 0.2) is 6.61 Å². The lowest BCUT2D eigenvalue weighted by Gasteiger charge is -2.05. The standard InChI is InChI=1S/C20H14ClN3O3/c21-16-7-5-14(6-8-16)19-10-9-17(27-19)12-23-24-20(25)13-26-18-4-2-1-3-15(18)11-22/h1-10,12H,13H2,(H,24,25)/b23-12+. The van der Waals surface area contributed by atoms with Gasteiger partial charge in [-0.3, -0.25) is 4.79 Å². The molecule has 1 N–H and O–H groups in total. The SMILES string of the molecule is N#Cc1ccccc1OCC(=O)N/N=C/c1ccc(-c2ccc(Cl)cc2)o1. The van der Waals surface area contributed by atoms with E-state index in [1.807, 2.05) is 18.2 Å². The molecule has 0 aliphatic heterocycles. The van der Waals surface area contributed by atoms with E-state index in [1.165, 1.54) is 6.21 Å². The summed E-state index contributed by atoms with van der Waals surface area (Å²) in [6, 6.07) is 19.5. The Bertz CT molecular complexity index is 1000. The van der Waals surface area contributed by atoms with Crippen LogP contribution in [0.1, 0.15) is 11.3 Å². The van der Waals surface area contributed by atoms with Crippen LogP contribution in [0.5, 0.6) is 5.75 Å². The van der Waals surface area contributed by atoms with Crippen LogP contribution < -0.4 is 10.2 Å². The van der Waals surface area contributed by atoms with Gasteiger partial charge in [-0.15, -0.1) is 0 Å². The number of amides is 1. The van der Waals surface area contributed by atoms with Gasteiger partial charge in [0.05, 0.1) is 11.8 Å². The second kappa shape index (κ2) is 8.70. The van der Waals surface area contributed by atoms with E-state index in [4.69, 9.17) is 26.0 Å². The number of ether oxygens (including phenoxy) is 1. The molecule has 0 aliphatic rings. The van der Waals surface area contributed by atoms with E-state index in [1.54, 1.807) is 48.5 Å². The summed E-state index contributed by atoms with van der Waals surface area (Å²) in [6.07, 6.45) is 1.39. The number of carbonyl (C=O) groups is 1. The molecule has 7 heteroatoms. The molecule has 27 heavy (non-hydrogen) atoms. The quantitative estimate of drug-likeness (QED) is 0.518. The van der Waals surface area contributed by atoms with Crippen molar-refractivity contribution in [1.82, 2.24) is 5.43 Å². The van der Waals surface area contributed by atoms with Crippen LogP contribution >= 0.6 is 11.6 Å². The predicted octanol–water partition coefficient (Wildman–Crippen LogP) is 4.00. The third-order valence-electron chi connectivity index (χ3n) is 3.50. The first-order valence-electron chi connectivity index (χ1n) is 7.95. The van der Waals surface area contributed by atoms with Crippen molar-refractivity contribution in [2.75, 3.05) is 6.61 Å². The molecule has 134 valence electrons. The number of halogens is 1. The molecule has 1 heterocycles. The fraction of sp³-hybridized carbons (Fsp3) is 0.0500. The normalized spacial score (nSPS) is 10.5. The molecule has 0 saturated carbocycles. The number of furan rings is 1. The molecule has 1 amide bonds. The Labute approximate surface area is 160 Å². The summed E-state index contributed by atoms with van der Waals surface area (Å²) in [7, 11) is 0. The lowest BCUT2D eigenvalue weighted by atomic mass is 10.2. The minimum Gasteiger partial charge on any atom is -0.482 e. The van der Waals surface area contributed by atoms with Crippen molar-refractivity contribution in [2.45, 2.75) is 0 Å². The maximum absolute atomic E-state index is 11.8. The van der Waals surface area contributed by atoms with E-state index in [0.717, 1.165) is 5.56 Å². The maximum atomic E-state index is 11.8. The van der Waals surface area contributed by atoms with Crippen LogP contribution in [0.2, 0.25) is 5.02 Å². The third-order valence-corrected chi connectivity index (χ3v) is 3.75. The molecule has 0 fully saturated rings. The molecule has 3 rings (SSSR count). The van der Waals surface area contributed by atoms with Gasteiger partial charge >= 0.3 is 0 Å². The Morgan fingerprint density at radius 1 is 1.19 bits per heavy atom. The van der Waals surface area contributed by atoms with E-state index < -0.39 is 5.91 Å². The number of hydrogen-bond donors (Lipinski definition) is 1. The van der Waals surface area contributed by atoms with Crippen LogP contribution in [-0.4, -0.2) is 18.7 Å². The number of hydrogen-bond acceptors (Lipinski definition) is 5. The second-order valence-corrected chi connectivity index (χ2v) is 5.84. The Morgan fingerprint density at radius 2 is 1.96 bits per heavy atom. The van der Waals surface area contributed by atoms with E-state index in [-0.39, 0.29) is 6.61 Å². The zero-order valence-electron chi connectivity index (χ0n) is 14.1. The van der Waals surface area contributed by atoms with E-state index in [2.05, 4.69) is 10.5 Å². The number of benzene rings is 2. The van der Waals surface area contributed by atoms with E-state index in [0.29, 0.717) is 27.9 Å². The van der Waals surface area contributed by atoms with Crippen LogP contribution in [-0.2, 0) is 4.79 Å². The van der Waals surface area contributed by atoms with Crippen LogP contribution in [0.15, 0.2) is 70.2 Å². The number of hydrazone groups is 1. The minimum absolute atomic E-state index is 0.260. The topological polar surface area (TPSA) is 87.6 Å². The molecule has 3 aromatic rings. The smallest absolute Gasteiger partial charge is 0.277 e. The first kappa shape index (κ1) is 18.2. The monoisotopic (exact) mass is 379 g/mol. The summed E-state index contributed by atoms with van der Waals surface area (Å²) in [5.74, 6) is 1.04. The average Bonchev–Trinajstić information content (AvgIpc) is 3.16. The number of nitrogens with one attached hydrogen (secondary N) is 1. The first-order chi connectivity index (χ1) is 13.2. The Hall–Kier alpha value is -3.56. The number of nitrogens with zero attached hydrogens (tertiary/aromatic N) is 2. The average molecular weight is 380 g/mol. The van der Waals surface area contributed by atoms with Crippen LogP contribution in [0.3, 0.4) is 0 Å². The molecule has 0 unspecified atom stereocenters. The lowest BCUT2D eigenvalue weighted by Crippen LogP contribution is -2.24. The summed E-state index contributed by atoms with van der Waals surface area (Å²) in [6.45, 7) is -0.260. The zero-order valence-corrected chi connectivity index (χ0v) is 14.8. The van der Waals surface area contributed by atoms with E-state index >= 15 is 0 Å². The van der Waals surface area contributed by atoms with Gasteiger partial charge in [0, 0.05) is 10.6 Å². The molecule has 0 aliphatic carbocycles. The largest absolute Gasteiger partial charge is 0.482 e. The van der Waals surface area contributed by atoms with Crippen molar-refractivity contribution in [3.8, 4) is 23.1 Å². The third kappa shape index (κ3) is 4.97. The van der Waals surface area contributed by atoms with Crippen molar-refractivity contribution < 1.29 is 13.9 Å². The van der Waals surface area contributed by atoms with Gasteiger partial charge in [-0.25, -0.2) is 5.43 Å². The van der Waals surface area contributed by atoms with Gasteiger partial charge < -0.3 is 9.15 Å². The van der Waals surface area contributed by atoms with Crippen molar-refractivity contribution >= 4 is 23.7 Å². The molecule has 6 nitrogen and oxygen atoms in total. The zero-order chi connectivity index (χ0) is 19.1. The van der Waals surface area contributed by atoms with Gasteiger partial charge in [0.1, 0.15) is 23.3 Å². The maximum Gasteiger partial charge on any atom is 0.277 e. The van der Waals surface area contributed by atoms with Crippen molar-refractivity contribution in [3.05, 3.63) is 77.0 Å². The molecule has 0 spiro atoms. The van der Waals surface area contributed by atoms with Gasteiger partial charge in [-0.05, 0) is 48.5 Å². The second-order valence-electron chi connectivity index (χ2n) is 5.40. The highest BCUT2D eigenvalue weighted by atomic mass is 35.5. The van der Waals surface area contributed by atoms with E-state index in [9.17, 15) is 4.79 Å². The number of rotatable bonds is 6. The highest BCUT2D eigenvalue weighted by molar-refractivity contribution is 6.30. The summed E-state index contributed by atoms with van der Waals surface area (Å²) in [4.78, 5) is 11.8. The molecule has 0 saturated heterocycles. The Morgan fingerprint density at radius 3 is 2.74 bits per heavy atom. The molecule has 0 atom stereocenters. The summed E-state index contributed by atoms with van der Waals surface area (Å²) >= 11 is 5.87. The van der Waals surface area contributed by atoms with Crippen LogP contribution in [0.4, 0.5) is 0 Å². The predicted molar refractivity (Wildman–Crippen MR) is 102 cm³/mol. The first-order valence-corrected chi connectivity index (χ1v) is 8.33. The fourth-order valence-electron chi connectivity index (χ4n) is 2.22. The van der Waals surface area contributed by atoms with Gasteiger partial charge in [0.25, 0.3) is 5.91 Å². The molecular weight excluding hydrogens is 366 g/mol. The van der Waals surface area contributed by atoms with Crippen molar-refractivity contribution in [3.63, 3.8) is 0 Å². The molecular formula is C20H14ClN3O3. The summed E-state index contributed by atoms with van der Waals surface area (Å²) < 4.78 is 11.0. The molecule has 2 aromatic carbocycles. The molecule has 0 bridgehead atoms.